The molecule has 0 unspecified atom stereocenters. The quantitative estimate of drug-likeness (QED) is 0.588. The van der Waals surface area contributed by atoms with Crippen LogP contribution < -0.4 is 10.6 Å². The molecular weight excluding hydrogens is 366 g/mol. The van der Waals surface area contributed by atoms with E-state index in [9.17, 15) is 9.59 Å². The number of nitrogens with zero attached hydrogens (tertiary/aromatic N) is 1. The van der Waals surface area contributed by atoms with Crippen LogP contribution in [-0.4, -0.2) is 23.5 Å². The predicted molar refractivity (Wildman–Crippen MR) is 114 cm³/mol. The van der Waals surface area contributed by atoms with E-state index in [1.165, 1.54) is 11.1 Å². The Morgan fingerprint density at radius 1 is 0.966 bits per heavy atom. The molecule has 0 aliphatic carbocycles. The highest BCUT2D eigenvalue weighted by Crippen LogP contribution is 2.22. The normalized spacial score (nSPS) is 10.3. The van der Waals surface area contributed by atoms with Crippen molar-refractivity contribution in [1.29, 1.82) is 0 Å². The maximum Gasteiger partial charge on any atom is 0.338 e. The topological polar surface area (TPSA) is 80.3 Å². The van der Waals surface area contributed by atoms with Gasteiger partial charge >= 0.3 is 5.97 Å². The number of hydrogen-bond donors (Lipinski definition) is 2. The third-order valence-corrected chi connectivity index (χ3v) is 4.53. The molecule has 2 N–H and O–H groups in total. The number of ether oxygens (including phenoxy) is 1. The van der Waals surface area contributed by atoms with Crippen molar-refractivity contribution < 1.29 is 14.3 Å². The van der Waals surface area contributed by atoms with Crippen molar-refractivity contribution in [2.75, 3.05) is 17.2 Å². The van der Waals surface area contributed by atoms with Gasteiger partial charge in [-0.3, -0.25) is 4.79 Å². The molecule has 0 saturated carbocycles. The molecule has 0 spiro atoms. The highest BCUT2D eigenvalue weighted by Gasteiger charge is 2.10. The average molecular weight is 389 g/mol. The van der Waals surface area contributed by atoms with Gasteiger partial charge in [0.05, 0.1) is 24.1 Å². The minimum absolute atomic E-state index is 0.297. The smallest absolute Gasteiger partial charge is 0.338 e. The Morgan fingerprint density at radius 3 is 2.34 bits per heavy atom. The largest absolute Gasteiger partial charge is 0.462 e. The number of amides is 1. The minimum Gasteiger partial charge on any atom is -0.462 e. The van der Waals surface area contributed by atoms with Gasteiger partial charge < -0.3 is 15.4 Å². The lowest BCUT2D eigenvalue weighted by molar-refractivity contribution is 0.0526. The van der Waals surface area contributed by atoms with Crippen molar-refractivity contribution in [3.63, 3.8) is 0 Å². The molecule has 2 aromatic carbocycles. The van der Waals surface area contributed by atoms with E-state index >= 15 is 0 Å². The summed E-state index contributed by atoms with van der Waals surface area (Å²) in [5.41, 5.74) is 5.48. The van der Waals surface area contributed by atoms with Crippen LogP contribution in [0.5, 0.6) is 0 Å². The second-order valence-electron chi connectivity index (χ2n) is 6.56. The average Bonchev–Trinajstić information content (AvgIpc) is 2.72. The monoisotopic (exact) mass is 389 g/mol. The molecule has 0 radical (unpaired) electrons. The molecule has 6 heteroatoms. The van der Waals surface area contributed by atoms with Crippen LogP contribution in [0.4, 0.5) is 17.1 Å². The molecule has 1 aromatic heterocycles. The molecular formula is C23H23N3O3. The summed E-state index contributed by atoms with van der Waals surface area (Å²) in [6, 6.07) is 16.1. The molecule has 0 atom stereocenters. The summed E-state index contributed by atoms with van der Waals surface area (Å²) < 4.78 is 4.94. The van der Waals surface area contributed by atoms with Gasteiger partial charge in [-0.05, 0) is 74.4 Å². The summed E-state index contributed by atoms with van der Waals surface area (Å²) in [5.74, 6) is -0.717. The first kappa shape index (κ1) is 20.1. The van der Waals surface area contributed by atoms with Crippen molar-refractivity contribution in [2.24, 2.45) is 0 Å². The Morgan fingerprint density at radius 2 is 1.69 bits per heavy atom. The Labute approximate surface area is 169 Å². The van der Waals surface area contributed by atoms with Crippen LogP contribution in [-0.2, 0) is 4.74 Å². The molecule has 3 rings (SSSR count). The lowest BCUT2D eigenvalue weighted by atomic mass is 10.1. The molecule has 1 amide bonds. The van der Waals surface area contributed by atoms with Gasteiger partial charge in [0.2, 0.25) is 0 Å². The number of carbonyl (C=O) groups is 2. The predicted octanol–water partition coefficient (Wildman–Crippen LogP) is 4.87. The van der Waals surface area contributed by atoms with Crippen LogP contribution in [0, 0.1) is 13.8 Å². The molecule has 29 heavy (non-hydrogen) atoms. The maximum absolute atomic E-state index is 12.4. The number of benzene rings is 2. The van der Waals surface area contributed by atoms with Crippen LogP contribution in [0.3, 0.4) is 0 Å². The first-order chi connectivity index (χ1) is 14.0. The summed E-state index contributed by atoms with van der Waals surface area (Å²) >= 11 is 0. The Kier molecular flexibility index (Phi) is 6.24. The maximum atomic E-state index is 12.4. The molecule has 0 aliphatic rings. The van der Waals surface area contributed by atoms with Gasteiger partial charge in [0.1, 0.15) is 5.69 Å². The van der Waals surface area contributed by atoms with Crippen molar-refractivity contribution in [2.45, 2.75) is 20.8 Å². The summed E-state index contributed by atoms with van der Waals surface area (Å²) in [4.78, 5) is 28.3. The summed E-state index contributed by atoms with van der Waals surface area (Å²) in [7, 11) is 0. The van der Waals surface area contributed by atoms with E-state index in [0.29, 0.717) is 23.6 Å². The number of aryl methyl sites for hydroxylation is 1. The second kappa shape index (κ2) is 9.01. The minimum atomic E-state index is -0.390. The number of anilines is 3. The van der Waals surface area contributed by atoms with E-state index in [1.807, 2.05) is 18.2 Å². The van der Waals surface area contributed by atoms with E-state index < -0.39 is 0 Å². The van der Waals surface area contributed by atoms with Crippen molar-refractivity contribution in [3.8, 4) is 0 Å². The summed E-state index contributed by atoms with van der Waals surface area (Å²) in [5, 5.41) is 6.09. The third-order valence-electron chi connectivity index (χ3n) is 4.53. The molecule has 0 fully saturated rings. The number of esters is 1. The standard InChI is InChI=1S/C23H23N3O3/c1-4-29-23(28)17-8-10-18(11-9-17)26-22(27)21-13-12-19(14-24-21)25-20-7-5-6-15(2)16(20)3/h5-14,25H,4H2,1-3H3,(H,26,27). The molecule has 148 valence electrons. The first-order valence-electron chi connectivity index (χ1n) is 9.35. The highest BCUT2D eigenvalue weighted by molar-refractivity contribution is 6.03. The number of nitrogens with one attached hydrogen (secondary N) is 2. The van der Waals surface area contributed by atoms with Crippen LogP contribution in [0.1, 0.15) is 38.9 Å². The molecule has 0 bridgehead atoms. The molecule has 1 heterocycles. The number of rotatable bonds is 6. The highest BCUT2D eigenvalue weighted by atomic mass is 16.5. The molecule has 3 aromatic rings. The van der Waals surface area contributed by atoms with Gasteiger partial charge in [-0.15, -0.1) is 0 Å². The van der Waals surface area contributed by atoms with E-state index in [0.717, 1.165) is 11.4 Å². The van der Waals surface area contributed by atoms with Crippen LogP contribution in [0.2, 0.25) is 0 Å². The number of carbonyl (C=O) groups excluding carboxylic acids is 2. The SMILES string of the molecule is CCOC(=O)c1ccc(NC(=O)c2ccc(Nc3cccc(C)c3C)cn2)cc1. The van der Waals surface area contributed by atoms with Crippen LogP contribution in [0.15, 0.2) is 60.8 Å². The van der Waals surface area contributed by atoms with Crippen molar-refractivity contribution in [3.05, 3.63) is 83.2 Å². The zero-order valence-corrected chi connectivity index (χ0v) is 16.7. The fraction of sp³-hybridized carbons (Fsp3) is 0.174. The number of aromatic nitrogens is 1. The summed E-state index contributed by atoms with van der Waals surface area (Å²) in [6.45, 7) is 6.19. The lowest BCUT2D eigenvalue weighted by Crippen LogP contribution is -2.14. The third kappa shape index (κ3) is 4.99. The lowest BCUT2D eigenvalue weighted by Gasteiger charge is -2.11. The van der Waals surface area contributed by atoms with Crippen LogP contribution >= 0.6 is 0 Å². The van der Waals surface area contributed by atoms with Crippen LogP contribution in [0.25, 0.3) is 0 Å². The zero-order chi connectivity index (χ0) is 20.8. The Hall–Kier alpha value is -3.67. The van der Waals surface area contributed by atoms with Gasteiger partial charge in [-0.25, -0.2) is 9.78 Å². The van der Waals surface area contributed by atoms with Crippen molar-refractivity contribution in [1.82, 2.24) is 4.98 Å². The van der Waals surface area contributed by atoms with E-state index in [2.05, 4.69) is 35.5 Å². The second-order valence-corrected chi connectivity index (χ2v) is 6.56. The fourth-order valence-corrected chi connectivity index (χ4v) is 2.74. The molecule has 6 nitrogen and oxygen atoms in total. The van der Waals surface area contributed by atoms with Gasteiger partial charge in [0.15, 0.2) is 0 Å². The summed E-state index contributed by atoms with van der Waals surface area (Å²) in [6.07, 6.45) is 1.63. The Balaban J connectivity index is 1.64. The fourth-order valence-electron chi connectivity index (χ4n) is 2.74. The van der Waals surface area contributed by atoms with Gasteiger partial charge in [0.25, 0.3) is 5.91 Å². The van der Waals surface area contributed by atoms with Gasteiger partial charge in [0, 0.05) is 11.4 Å². The number of hydrogen-bond acceptors (Lipinski definition) is 5. The van der Waals surface area contributed by atoms with Gasteiger partial charge in [-0.1, -0.05) is 12.1 Å². The Bertz CT molecular complexity index is 1010. The zero-order valence-electron chi connectivity index (χ0n) is 16.7. The molecule has 0 saturated heterocycles. The molecule has 0 aliphatic heterocycles. The first-order valence-corrected chi connectivity index (χ1v) is 9.35. The van der Waals surface area contributed by atoms with Gasteiger partial charge in [-0.2, -0.15) is 0 Å². The van der Waals surface area contributed by atoms with E-state index in [-0.39, 0.29) is 11.9 Å². The van der Waals surface area contributed by atoms with E-state index in [4.69, 9.17) is 4.74 Å². The van der Waals surface area contributed by atoms with E-state index in [1.54, 1.807) is 43.5 Å². The van der Waals surface area contributed by atoms with Crippen molar-refractivity contribution >= 4 is 28.9 Å². The number of pyridine rings is 1.